The van der Waals surface area contributed by atoms with Gasteiger partial charge in [0.2, 0.25) is 6.61 Å². The van der Waals surface area contributed by atoms with Crippen molar-refractivity contribution in [3.8, 4) is 0 Å². The smallest absolute Gasteiger partial charge is 0.355 e. The summed E-state index contributed by atoms with van der Waals surface area (Å²) in [5, 5.41) is 16.0. The Morgan fingerprint density at radius 1 is 1.44 bits per heavy atom. The number of nitrogens with zero attached hydrogens (tertiary/aromatic N) is 3. The number of hydrogen-bond donors (Lipinski definition) is 2. The number of hydrogen-bond acceptors (Lipinski definition) is 10. The maximum Gasteiger partial charge on any atom is 0.355 e. The van der Waals surface area contributed by atoms with Gasteiger partial charge in [-0.3, -0.25) is 14.5 Å². The quantitative estimate of drug-likeness (QED) is 0.218. The summed E-state index contributed by atoms with van der Waals surface area (Å²) in [6.07, 6.45) is 0. The van der Waals surface area contributed by atoms with Gasteiger partial charge in [0.15, 0.2) is 5.71 Å². The van der Waals surface area contributed by atoms with Crippen molar-refractivity contribution in [2.75, 3.05) is 19.0 Å². The zero-order valence-corrected chi connectivity index (χ0v) is 19.0. The van der Waals surface area contributed by atoms with Crippen molar-refractivity contribution in [1.82, 2.24) is 15.2 Å². The minimum atomic E-state index is -1.27. The highest BCUT2D eigenvalue weighted by molar-refractivity contribution is 8.00. The lowest BCUT2D eigenvalue weighted by atomic mass is 10.0. The number of oxime groups is 1. The average Bonchev–Trinajstić information content (AvgIpc) is 3.27. The van der Waals surface area contributed by atoms with Gasteiger partial charge in [-0.2, -0.15) is 0 Å². The van der Waals surface area contributed by atoms with Crippen LogP contribution in [0.3, 0.4) is 0 Å². The van der Waals surface area contributed by atoms with Crippen LogP contribution in [0.2, 0.25) is 0 Å². The number of amides is 2. The minimum Gasteiger partial charge on any atom is -0.479 e. The van der Waals surface area contributed by atoms with Crippen LogP contribution in [-0.4, -0.2) is 74.8 Å². The van der Waals surface area contributed by atoms with Gasteiger partial charge in [-0.05, 0) is 12.5 Å². The molecule has 0 spiro atoms. The lowest BCUT2D eigenvalue weighted by Crippen LogP contribution is -2.71. The van der Waals surface area contributed by atoms with Crippen LogP contribution in [0.15, 0.2) is 38.9 Å². The van der Waals surface area contributed by atoms with Gasteiger partial charge >= 0.3 is 11.9 Å². The third kappa shape index (κ3) is 5.11. The standard InChI is InChI=1S/C18H17ClN4O7S2/c1-8-5-32-17-13(16(27)23(17)14(8)18(28)29-3-9(2)19)21-15(26)12(10-6-31-7-20-10)22-30-4-11(24)25/h6-7,13,17H,2-5H2,1H3,(H,21,26)(H,24,25)/t13?,17-/m0/s1. The molecule has 2 aliphatic rings. The van der Waals surface area contributed by atoms with Gasteiger partial charge in [-0.25, -0.2) is 14.6 Å². The number of halogens is 1. The predicted octanol–water partition coefficient (Wildman–Crippen LogP) is 0.918. The molecule has 170 valence electrons. The van der Waals surface area contributed by atoms with E-state index in [1.807, 2.05) is 0 Å². The molecule has 1 aromatic rings. The Balaban J connectivity index is 1.73. The molecular formula is C18H17ClN4O7S2. The van der Waals surface area contributed by atoms with E-state index in [1.54, 1.807) is 6.92 Å². The zero-order chi connectivity index (χ0) is 23.4. The van der Waals surface area contributed by atoms with Crippen LogP contribution in [0.1, 0.15) is 12.6 Å². The highest BCUT2D eigenvalue weighted by Gasteiger charge is 2.54. The van der Waals surface area contributed by atoms with Crippen molar-refractivity contribution in [1.29, 1.82) is 0 Å². The highest BCUT2D eigenvalue weighted by atomic mass is 35.5. The molecule has 1 saturated heterocycles. The molecule has 0 aliphatic carbocycles. The Kier molecular flexibility index (Phi) is 7.53. The van der Waals surface area contributed by atoms with E-state index in [-0.39, 0.29) is 28.7 Å². The van der Waals surface area contributed by atoms with Crippen LogP contribution in [0.25, 0.3) is 0 Å². The Morgan fingerprint density at radius 2 is 2.19 bits per heavy atom. The van der Waals surface area contributed by atoms with Gasteiger partial charge in [-0.1, -0.05) is 23.3 Å². The number of carboxylic acids is 1. The van der Waals surface area contributed by atoms with E-state index in [2.05, 4.69) is 26.9 Å². The molecule has 1 aromatic heterocycles. The largest absolute Gasteiger partial charge is 0.479 e. The fourth-order valence-electron chi connectivity index (χ4n) is 2.87. The molecule has 2 aliphatic heterocycles. The predicted molar refractivity (Wildman–Crippen MR) is 116 cm³/mol. The molecule has 2 N–H and O–H groups in total. The number of β-lactam (4-membered cyclic amide) rings is 1. The molecule has 11 nitrogen and oxygen atoms in total. The third-order valence-corrected chi connectivity index (χ3v) is 6.35. The van der Waals surface area contributed by atoms with Crippen LogP contribution >= 0.6 is 34.7 Å². The van der Waals surface area contributed by atoms with Crippen LogP contribution in [0, 0.1) is 0 Å². The van der Waals surface area contributed by atoms with Gasteiger partial charge < -0.3 is 20.0 Å². The van der Waals surface area contributed by atoms with Crippen molar-refractivity contribution in [3.05, 3.63) is 39.5 Å². The first-order valence-corrected chi connectivity index (χ1v) is 11.3. The number of esters is 1. The molecule has 0 bridgehead atoms. The first kappa shape index (κ1) is 23.8. The first-order chi connectivity index (χ1) is 15.2. The molecule has 3 rings (SSSR count). The second kappa shape index (κ2) is 10.1. The summed E-state index contributed by atoms with van der Waals surface area (Å²) < 4.78 is 5.07. The number of fused-ring (bicyclic) bond motifs is 1. The molecule has 2 atom stereocenters. The number of nitrogens with one attached hydrogen (secondary N) is 1. The Morgan fingerprint density at radius 3 is 2.81 bits per heavy atom. The van der Waals surface area contributed by atoms with Gasteiger partial charge in [-0.15, -0.1) is 23.1 Å². The molecule has 0 saturated carbocycles. The Bertz CT molecular complexity index is 1020. The summed E-state index contributed by atoms with van der Waals surface area (Å²) in [7, 11) is 0. The fourth-order valence-corrected chi connectivity index (χ4v) is 4.75. The summed E-state index contributed by atoms with van der Waals surface area (Å²) in [5.41, 5.74) is 2.12. The Hall–Kier alpha value is -2.90. The number of aliphatic carboxylic acids is 1. The molecule has 3 heterocycles. The van der Waals surface area contributed by atoms with Crippen LogP contribution in [0.4, 0.5) is 0 Å². The summed E-state index contributed by atoms with van der Waals surface area (Å²) in [6.45, 7) is 4.21. The fraction of sp³-hybridized carbons (Fsp3) is 0.333. The topological polar surface area (TPSA) is 147 Å². The van der Waals surface area contributed by atoms with E-state index in [1.165, 1.54) is 38.9 Å². The molecular weight excluding hydrogens is 484 g/mol. The van der Waals surface area contributed by atoms with Crippen LogP contribution < -0.4 is 5.32 Å². The summed E-state index contributed by atoms with van der Waals surface area (Å²) in [5.74, 6) is -2.81. The number of thioether (sulfide) groups is 1. The SMILES string of the molecule is C=C(Cl)COC(=O)C1=C(C)CS[C@H]2C(NC(=O)C(=NOCC(=O)O)c3cscn3)C(=O)N12. The molecule has 14 heteroatoms. The van der Waals surface area contributed by atoms with Gasteiger partial charge in [0.1, 0.15) is 29.4 Å². The van der Waals surface area contributed by atoms with Crippen molar-refractivity contribution in [3.63, 3.8) is 0 Å². The molecule has 2 amide bonds. The molecule has 0 aromatic carbocycles. The number of ether oxygens (including phenoxy) is 1. The second-order valence-electron chi connectivity index (χ2n) is 6.56. The normalized spacial score (nSPS) is 20.2. The maximum atomic E-state index is 12.8. The molecule has 1 unspecified atom stereocenters. The number of carbonyl (C=O) groups is 4. The number of carbonyl (C=O) groups excluding carboxylic acids is 3. The van der Waals surface area contributed by atoms with E-state index in [4.69, 9.17) is 21.4 Å². The van der Waals surface area contributed by atoms with Gasteiger partial charge in [0, 0.05) is 16.2 Å². The van der Waals surface area contributed by atoms with E-state index in [0.717, 1.165) is 0 Å². The molecule has 0 radical (unpaired) electrons. The molecule has 32 heavy (non-hydrogen) atoms. The minimum absolute atomic E-state index is 0.111. The van der Waals surface area contributed by atoms with E-state index in [0.29, 0.717) is 11.3 Å². The first-order valence-electron chi connectivity index (χ1n) is 8.96. The lowest BCUT2D eigenvalue weighted by Gasteiger charge is -2.49. The number of carboxylic acid groups (broad SMARTS) is 1. The zero-order valence-electron chi connectivity index (χ0n) is 16.6. The van der Waals surface area contributed by atoms with E-state index in [9.17, 15) is 19.2 Å². The average molecular weight is 501 g/mol. The van der Waals surface area contributed by atoms with Crippen molar-refractivity contribution in [2.24, 2.45) is 5.16 Å². The number of aromatic nitrogens is 1. The summed E-state index contributed by atoms with van der Waals surface area (Å²) in [6, 6.07) is -0.935. The van der Waals surface area contributed by atoms with Crippen molar-refractivity contribution in [2.45, 2.75) is 18.3 Å². The monoisotopic (exact) mass is 500 g/mol. The van der Waals surface area contributed by atoms with Crippen molar-refractivity contribution < 1.29 is 33.9 Å². The molecule has 1 fully saturated rings. The van der Waals surface area contributed by atoms with Gasteiger partial charge in [0.25, 0.3) is 11.8 Å². The van der Waals surface area contributed by atoms with E-state index >= 15 is 0 Å². The summed E-state index contributed by atoms with van der Waals surface area (Å²) >= 11 is 8.20. The van der Waals surface area contributed by atoms with Crippen LogP contribution in [-0.2, 0) is 28.8 Å². The van der Waals surface area contributed by atoms with Gasteiger partial charge in [0.05, 0.1) is 5.51 Å². The number of thiazole rings is 1. The highest BCUT2D eigenvalue weighted by Crippen LogP contribution is 2.40. The second-order valence-corrected chi connectivity index (χ2v) is 8.92. The van der Waals surface area contributed by atoms with E-state index < -0.39 is 41.8 Å². The maximum absolute atomic E-state index is 12.8. The summed E-state index contributed by atoms with van der Waals surface area (Å²) in [4.78, 5) is 58.6. The van der Waals surface area contributed by atoms with Crippen LogP contribution in [0.5, 0.6) is 0 Å². The Labute approximate surface area is 195 Å². The van der Waals surface area contributed by atoms with Crippen molar-refractivity contribution >= 4 is 64.2 Å². The number of rotatable bonds is 9. The third-order valence-electron chi connectivity index (χ3n) is 4.23. The lowest BCUT2D eigenvalue weighted by molar-refractivity contribution is -0.152.